The monoisotopic (exact) mass is 161 g/mol. The summed E-state index contributed by atoms with van der Waals surface area (Å²) in [5, 5.41) is 0.678. The fourth-order valence-corrected chi connectivity index (χ4v) is 1.28. The molecule has 58 valence electrons. The Morgan fingerprint density at radius 2 is 2.30 bits per heavy atom. The maximum absolute atomic E-state index is 10.5. The van der Waals surface area contributed by atoms with Crippen molar-refractivity contribution in [3.8, 4) is 0 Å². The molecule has 10 heavy (non-hydrogen) atoms. The molecule has 0 aliphatic rings. The second-order valence-electron chi connectivity index (χ2n) is 2.16. The van der Waals surface area contributed by atoms with E-state index in [2.05, 4.69) is 6.92 Å². The first kappa shape index (κ1) is 9.80. The van der Waals surface area contributed by atoms with Crippen molar-refractivity contribution in [2.75, 3.05) is 0 Å². The predicted octanol–water partition coefficient (Wildman–Crippen LogP) is 2.82. The summed E-state index contributed by atoms with van der Waals surface area (Å²) in [7, 11) is -2.06. The Morgan fingerprint density at radius 3 is 2.60 bits per heavy atom. The Balaban J connectivity index is 3.74. The van der Waals surface area contributed by atoms with E-state index in [-0.39, 0.29) is 0 Å². The van der Waals surface area contributed by atoms with Crippen molar-refractivity contribution in [1.29, 1.82) is 0 Å². The largest absolute Gasteiger partial charge is 0.541 e. The Bertz CT molecular complexity index is 141. The topological polar surface area (TPSA) is 37.3 Å². The van der Waals surface area contributed by atoms with Crippen molar-refractivity contribution in [3.05, 3.63) is 11.4 Å². The highest BCUT2D eigenvalue weighted by molar-refractivity contribution is 7.43. The molecule has 0 aliphatic carbocycles. The van der Waals surface area contributed by atoms with Crippen molar-refractivity contribution in [2.24, 2.45) is 0 Å². The van der Waals surface area contributed by atoms with E-state index in [1.54, 1.807) is 13.0 Å². The van der Waals surface area contributed by atoms with Crippen LogP contribution in [0.3, 0.4) is 0 Å². The van der Waals surface area contributed by atoms with Gasteiger partial charge in [-0.05, 0) is 24.0 Å². The molecule has 0 heterocycles. The zero-order chi connectivity index (χ0) is 7.98. The highest BCUT2D eigenvalue weighted by Crippen LogP contribution is 2.30. The third-order valence-electron chi connectivity index (χ3n) is 1.37. The first-order chi connectivity index (χ1) is 4.72. The summed E-state index contributed by atoms with van der Waals surface area (Å²) in [6.45, 7) is 3.87. The molecule has 0 spiro atoms. The van der Waals surface area contributed by atoms with Crippen LogP contribution in [0.25, 0.3) is 0 Å². The van der Waals surface area contributed by atoms with E-state index < -0.39 is 8.03 Å². The number of hydrogen-bond donors (Lipinski definition) is 1. The van der Waals surface area contributed by atoms with Gasteiger partial charge in [0.25, 0.3) is 0 Å². The normalized spacial score (nSPS) is 13.5. The van der Waals surface area contributed by atoms with Gasteiger partial charge in [-0.15, -0.1) is 0 Å². The fraction of sp³-hybridized carbons (Fsp3) is 0.714. The lowest BCUT2D eigenvalue weighted by Gasteiger charge is -1.88. The van der Waals surface area contributed by atoms with Gasteiger partial charge in [-0.25, -0.2) is 0 Å². The minimum Gasteiger partial charge on any atom is -0.156 e. The smallest absolute Gasteiger partial charge is 0.156 e. The Labute approximate surface area is 62.8 Å². The fourth-order valence-electron chi connectivity index (χ4n) is 0.708. The van der Waals surface area contributed by atoms with E-state index in [0.29, 0.717) is 5.31 Å². The molecule has 0 amide bonds. The highest BCUT2D eigenvalue weighted by atomic mass is 31.1. The SMILES string of the molecule is CC=C(CCCC)[P+](=O)O. The molecular weight excluding hydrogens is 147 g/mol. The molecule has 1 atom stereocenters. The van der Waals surface area contributed by atoms with Crippen LogP contribution in [0, 0.1) is 0 Å². The zero-order valence-electron chi connectivity index (χ0n) is 6.50. The first-order valence-electron chi connectivity index (χ1n) is 3.53. The standard InChI is InChI=1S/C7H13O2P/c1-3-5-6-7(4-2)10(8)9/h4H,3,5-6H2,1-2H3/p+1. The summed E-state index contributed by atoms with van der Waals surface area (Å²) < 4.78 is 10.5. The Hall–Kier alpha value is -0.200. The summed E-state index contributed by atoms with van der Waals surface area (Å²) >= 11 is 0. The van der Waals surface area contributed by atoms with Crippen molar-refractivity contribution in [1.82, 2.24) is 0 Å². The molecule has 0 aromatic heterocycles. The lowest BCUT2D eigenvalue weighted by molar-refractivity contribution is 0.507. The van der Waals surface area contributed by atoms with Crippen LogP contribution in [0.5, 0.6) is 0 Å². The molecule has 1 N–H and O–H groups in total. The molecule has 0 saturated carbocycles. The highest BCUT2D eigenvalue weighted by Gasteiger charge is 2.17. The van der Waals surface area contributed by atoms with Crippen LogP contribution < -0.4 is 0 Å². The van der Waals surface area contributed by atoms with Gasteiger partial charge in [-0.1, -0.05) is 13.3 Å². The average Bonchev–Trinajstić information content (AvgIpc) is 1.89. The van der Waals surface area contributed by atoms with Gasteiger partial charge in [-0.2, -0.15) is 4.89 Å². The van der Waals surface area contributed by atoms with Crippen LogP contribution >= 0.6 is 8.03 Å². The number of rotatable bonds is 4. The second-order valence-corrected chi connectivity index (χ2v) is 3.28. The predicted molar refractivity (Wildman–Crippen MR) is 43.1 cm³/mol. The quantitative estimate of drug-likeness (QED) is 0.643. The minimum atomic E-state index is -2.06. The van der Waals surface area contributed by atoms with E-state index >= 15 is 0 Å². The second kappa shape index (κ2) is 5.57. The van der Waals surface area contributed by atoms with Crippen LogP contribution in [0.15, 0.2) is 11.4 Å². The van der Waals surface area contributed by atoms with Gasteiger partial charge < -0.3 is 0 Å². The molecule has 1 unspecified atom stereocenters. The van der Waals surface area contributed by atoms with E-state index in [9.17, 15) is 4.57 Å². The molecule has 0 aliphatic heterocycles. The third kappa shape index (κ3) is 3.76. The van der Waals surface area contributed by atoms with E-state index in [0.717, 1.165) is 19.3 Å². The van der Waals surface area contributed by atoms with Gasteiger partial charge in [0, 0.05) is 6.42 Å². The number of allylic oxidation sites excluding steroid dienone is 2. The lowest BCUT2D eigenvalue weighted by Crippen LogP contribution is -1.76. The zero-order valence-corrected chi connectivity index (χ0v) is 7.40. The van der Waals surface area contributed by atoms with Crippen LogP contribution in [-0.4, -0.2) is 4.89 Å². The van der Waals surface area contributed by atoms with Crippen LogP contribution in [-0.2, 0) is 4.57 Å². The third-order valence-corrected chi connectivity index (χ3v) is 2.34. The molecule has 0 rings (SSSR count). The Morgan fingerprint density at radius 1 is 1.70 bits per heavy atom. The molecule has 0 bridgehead atoms. The van der Waals surface area contributed by atoms with Crippen molar-refractivity contribution < 1.29 is 9.46 Å². The minimum absolute atomic E-state index is 0.678. The van der Waals surface area contributed by atoms with Crippen LogP contribution in [0.1, 0.15) is 33.1 Å². The molecule has 0 aromatic rings. The molecule has 0 saturated heterocycles. The van der Waals surface area contributed by atoms with Crippen LogP contribution in [0.4, 0.5) is 0 Å². The molecule has 0 fully saturated rings. The molecule has 0 aromatic carbocycles. The van der Waals surface area contributed by atoms with Gasteiger partial charge in [0.1, 0.15) is 0 Å². The van der Waals surface area contributed by atoms with E-state index in [1.165, 1.54) is 0 Å². The van der Waals surface area contributed by atoms with Crippen molar-refractivity contribution in [3.63, 3.8) is 0 Å². The summed E-state index contributed by atoms with van der Waals surface area (Å²) in [5.41, 5.74) is 0. The van der Waals surface area contributed by atoms with Crippen molar-refractivity contribution in [2.45, 2.75) is 33.1 Å². The average molecular weight is 161 g/mol. The number of unbranched alkanes of at least 4 members (excludes halogenated alkanes) is 1. The van der Waals surface area contributed by atoms with Gasteiger partial charge >= 0.3 is 8.03 Å². The van der Waals surface area contributed by atoms with E-state index in [4.69, 9.17) is 4.89 Å². The van der Waals surface area contributed by atoms with Gasteiger partial charge in [0.15, 0.2) is 5.31 Å². The first-order valence-corrected chi connectivity index (χ1v) is 4.75. The summed E-state index contributed by atoms with van der Waals surface area (Å²) in [4.78, 5) is 8.68. The molecular formula is C7H14O2P+. The summed E-state index contributed by atoms with van der Waals surface area (Å²) in [5.74, 6) is 0. The molecule has 0 radical (unpaired) electrons. The number of hydrogen-bond acceptors (Lipinski definition) is 1. The summed E-state index contributed by atoms with van der Waals surface area (Å²) in [6, 6.07) is 0. The lowest BCUT2D eigenvalue weighted by atomic mass is 10.2. The van der Waals surface area contributed by atoms with Gasteiger partial charge in [0.05, 0.1) is 0 Å². The van der Waals surface area contributed by atoms with Crippen LogP contribution in [0.2, 0.25) is 0 Å². The summed E-state index contributed by atoms with van der Waals surface area (Å²) in [6.07, 6.45) is 4.56. The maximum Gasteiger partial charge on any atom is 0.541 e. The molecule has 3 heteroatoms. The molecule has 2 nitrogen and oxygen atoms in total. The van der Waals surface area contributed by atoms with Gasteiger partial charge in [0.2, 0.25) is 0 Å². The van der Waals surface area contributed by atoms with Crippen molar-refractivity contribution >= 4 is 8.03 Å². The Kier molecular flexibility index (Phi) is 5.46. The van der Waals surface area contributed by atoms with E-state index in [1.807, 2.05) is 0 Å². The van der Waals surface area contributed by atoms with Gasteiger partial charge in [-0.3, -0.25) is 0 Å². The maximum atomic E-state index is 10.5.